The van der Waals surface area contributed by atoms with Gasteiger partial charge >= 0.3 is 5.69 Å². The number of hydrogen-bond donors (Lipinski definition) is 1. The summed E-state index contributed by atoms with van der Waals surface area (Å²) in [6, 6.07) is 5.96. The lowest BCUT2D eigenvalue weighted by Crippen LogP contribution is -2.37. The van der Waals surface area contributed by atoms with Gasteiger partial charge in [0.1, 0.15) is 5.69 Å². The van der Waals surface area contributed by atoms with Crippen LogP contribution in [0.15, 0.2) is 29.2 Å². The van der Waals surface area contributed by atoms with Crippen molar-refractivity contribution >= 4 is 5.91 Å². The lowest BCUT2D eigenvalue weighted by atomic mass is 10.0. The van der Waals surface area contributed by atoms with E-state index in [0.29, 0.717) is 5.69 Å². The van der Waals surface area contributed by atoms with Gasteiger partial charge in [0, 0.05) is 30.2 Å². The molecule has 1 aliphatic rings. The molecule has 0 aromatic carbocycles. The van der Waals surface area contributed by atoms with Gasteiger partial charge in [0.05, 0.1) is 0 Å². The highest BCUT2D eigenvalue weighted by Gasteiger charge is 2.30. The Hall–Kier alpha value is -2.50. The maximum Gasteiger partial charge on any atom is 0.345 e. The number of hydrogen-bond acceptors (Lipinski definition) is 4. The Bertz CT molecular complexity index is 800. The molecule has 126 valence electrons. The number of pyridine rings is 1. The van der Waals surface area contributed by atoms with Crippen LogP contribution in [-0.2, 0) is 6.42 Å². The zero-order chi connectivity index (χ0) is 17.1. The summed E-state index contributed by atoms with van der Waals surface area (Å²) < 4.78 is 0. The van der Waals surface area contributed by atoms with Crippen LogP contribution in [-0.4, -0.2) is 38.3 Å². The lowest BCUT2D eigenvalue weighted by molar-refractivity contribution is 0.0724. The molecule has 1 fully saturated rings. The average molecular weight is 326 g/mol. The molecule has 0 radical (unpaired) electrons. The second-order valence-electron chi connectivity index (χ2n) is 6.39. The van der Waals surface area contributed by atoms with Crippen molar-refractivity contribution in [1.82, 2.24) is 19.9 Å². The largest absolute Gasteiger partial charge is 0.345 e. The van der Waals surface area contributed by atoms with Gasteiger partial charge in [0.2, 0.25) is 0 Å². The molecule has 1 N–H and O–H groups in total. The van der Waals surface area contributed by atoms with E-state index in [-0.39, 0.29) is 17.6 Å². The van der Waals surface area contributed by atoms with Crippen LogP contribution < -0.4 is 5.69 Å². The minimum atomic E-state index is -0.471. The Morgan fingerprint density at radius 1 is 1.38 bits per heavy atom. The molecule has 0 bridgehead atoms. The minimum Gasteiger partial charge on any atom is -0.334 e. The molecule has 3 rings (SSSR count). The fourth-order valence-corrected chi connectivity index (χ4v) is 3.33. The van der Waals surface area contributed by atoms with Crippen molar-refractivity contribution in [2.24, 2.45) is 0 Å². The van der Waals surface area contributed by atoms with Crippen molar-refractivity contribution in [3.05, 3.63) is 57.5 Å². The average Bonchev–Trinajstić information content (AvgIpc) is 3.00. The molecule has 0 unspecified atom stereocenters. The molecule has 24 heavy (non-hydrogen) atoms. The van der Waals surface area contributed by atoms with Gasteiger partial charge in [-0.15, -0.1) is 0 Å². The number of nitrogens with zero attached hydrogens (tertiary/aromatic N) is 3. The van der Waals surface area contributed by atoms with E-state index in [1.165, 1.54) is 5.56 Å². The van der Waals surface area contributed by atoms with E-state index >= 15 is 0 Å². The first-order valence-electron chi connectivity index (χ1n) is 8.33. The number of aromatic nitrogens is 3. The maximum absolute atomic E-state index is 12.7. The fraction of sp³-hybridized carbons (Fsp3) is 0.444. The molecule has 0 saturated carbocycles. The molecular formula is C18H22N4O2. The molecule has 6 nitrogen and oxygen atoms in total. The topological polar surface area (TPSA) is 79.0 Å². The molecule has 1 aliphatic heterocycles. The first kappa shape index (κ1) is 16.4. The Kier molecular flexibility index (Phi) is 4.74. The fourth-order valence-electron chi connectivity index (χ4n) is 3.33. The summed E-state index contributed by atoms with van der Waals surface area (Å²) in [5.41, 5.74) is 2.67. The monoisotopic (exact) mass is 326 g/mol. The summed E-state index contributed by atoms with van der Waals surface area (Å²) in [5.74, 6) is -0.141. The van der Waals surface area contributed by atoms with Gasteiger partial charge in [-0.1, -0.05) is 0 Å². The number of nitrogens with one attached hydrogen (secondary N) is 1. The number of rotatable bonds is 4. The summed E-state index contributed by atoms with van der Waals surface area (Å²) in [6.07, 6.45) is 5.65. The first-order chi connectivity index (χ1) is 11.5. The van der Waals surface area contributed by atoms with E-state index in [1.54, 1.807) is 13.0 Å². The second-order valence-corrected chi connectivity index (χ2v) is 6.39. The third-order valence-electron chi connectivity index (χ3n) is 4.46. The second kappa shape index (κ2) is 6.95. The van der Waals surface area contributed by atoms with Gasteiger partial charge < -0.3 is 9.88 Å². The van der Waals surface area contributed by atoms with Crippen LogP contribution in [0.2, 0.25) is 0 Å². The molecule has 6 heteroatoms. The van der Waals surface area contributed by atoms with E-state index < -0.39 is 5.69 Å². The summed E-state index contributed by atoms with van der Waals surface area (Å²) >= 11 is 0. The molecule has 0 aliphatic carbocycles. The molecule has 1 saturated heterocycles. The predicted molar refractivity (Wildman–Crippen MR) is 90.9 cm³/mol. The number of carbonyl (C=O) groups is 1. The highest BCUT2D eigenvalue weighted by Crippen LogP contribution is 2.23. The van der Waals surface area contributed by atoms with Crippen molar-refractivity contribution < 1.29 is 4.79 Å². The van der Waals surface area contributed by atoms with E-state index in [4.69, 9.17) is 0 Å². The van der Waals surface area contributed by atoms with Crippen LogP contribution >= 0.6 is 0 Å². The van der Waals surface area contributed by atoms with Gasteiger partial charge in [-0.3, -0.25) is 9.78 Å². The van der Waals surface area contributed by atoms with Gasteiger partial charge in [0.25, 0.3) is 5.91 Å². The lowest BCUT2D eigenvalue weighted by Gasteiger charge is -2.24. The Morgan fingerprint density at radius 3 is 2.96 bits per heavy atom. The van der Waals surface area contributed by atoms with Gasteiger partial charge in [-0.05, 0) is 63.3 Å². The molecule has 0 spiro atoms. The smallest absolute Gasteiger partial charge is 0.334 e. The number of amides is 1. The van der Waals surface area contributed by atoms with Crippen LogP contribution in [0.4, 0.5) is 0 Å². The third-order valence-corrected chi connectivity index (χ3v) is 4.46. The molecule has 2 aromatic heterocycles. The van der Waals surface area contributed by atoms with Crippen molar-refractivity contribution in [3.63, 3.8) is 0 Å². The maximum atomic E-state index is 12.7. The first-order valence-corrected chi connectivity index (χ1v) is 8.33. The molecular weight excluding hydrogens is 304 g/mol. The number of carbonyl (C=O) groups excluding carboxylic acids is 1. The molecule has 1 amide bonds. The Balaban J connectivity index is 1.70. The number of aromatic amines is 1. The number of likely N-dealkylation sites (tertiary alicyclic amines) is 1. The zero-order valence-electron chi connectivity index (χ0n) is 14.1. The van der Waals surface area contributed by atoms with E-state index in [2.05, 4.69) is 21.0 Å². The van der Waals surface area contributed by atoms with E-state index in [1.807, 2.05) is 24.1 Å². The van der Waals surface area contributed by atoms with Crippen LogP contribution in [0.1, 0.15) is 46.7 Å². The standard InChI is InChI=1S/C18H22N4O2/c1-12-10-14(7-8-19-12)5-6-15-4-3-9-22(15)17(23)16-11-13(2)20-18(24)21-16/h7-8,10-11,15H,3-6,9H2,1-2H3,(H,20,21,24)/t15-/m1/s1. The normalized spacial score (nSPS) is 17.2. The zero-order valence-corrected chi connectivity index (χ0v) is 14.1. The summed E-state index contributed by atoms with van der Waals surface area (Å²) in [6.45, 7) is 4.47. The van der Waals surface area contributed by atoms with E-state index in [9.17, 15) is 9.59 Å². The van der Waals surface area contributed by atoms with Crippen LogP contribution in [0.5, 0.6) is 0 Å². The van der Waals surface area contributed by atoms with Gasteiger partial charge in [0.15, 0.2) is 0 Å². The summed E-state index contributed by atoms with van der Waals surface area (Å²) in [5, 5.41) is 0. The Labute approximate surface area is 141 Å². The van der Waals surface area contributed by atoms with Crippen LogP contribution in [0.3, 0.4) is 0 Å². The van der Waals surface area contributed by atoms with Crippen molar-refractivity contribution in [2.75, 3.05) is 6.54 Å². The SMILES string of the molecule is Cc1cc(CC[C@H]2CCCN2C(=O)c2cc(C)[nH]c(=O)n2)ccn1. The molecule has 3 heterocycles. The minimum absolute atomic E-state index is 0.141. The van der Waals surface area contributed by atoms with Crippen LogP contribution in [0.25, 0.3) is 0 Å². The highest BCUT2D eigenvalue weighted by atomic mass is 16.2. The van der Waals surface area contributed by atoms with Crippen molar-refractivity contribution in [3.8, 4) is 0 Å². The Morgan fingerprint density at radius 2 is 2.21 bits per heavy atom. The van der Waals surface area contributed by atoms with Crippen LogP contribution in [0, 0.1) is 13.8 Å². The summed E-state index contributed by atoms with van der Waals surface area (Å²) in [7, 11) is 0. The molecule has 1 atom stereocenters. The molecule has 2 aromatic rings. The highest BCUT2D eigenvalue weighted by molar-refractivity contribution is 5.92. The van der Waals surface area contributed by atoms with Crippen molar-refractivity contribution in [2.45, 2.75) is 45.6 Å². The predicted octanol–water partition coefficient (Wildman–Crippen LogP) is 2.02. The number of H-pyrrole nitrogens is 1. The number of aryl methyl sites for hydroxylation is 3. The van der Waals surface area contributed by atoms with Crippen molar-refractivity contribution in [1.29, 1.82) is 0 Å². The quantitative estimate of drug-likeness (QED) is 0.932. The van der Waals surface area contributed by atoms with Gasteiger partial charge in [-0.25, -0.2) is 4.79 Å². The summed E-state index contributed by atoms with van der Waals surface area (Å²) in [4.78, 5) is 36.7. The third kappa shape index (κ3) is 3.69. The van der Waals surface area contributed by atoms with E-state index in [0.717, 1.165) is 37.9 Å². The van der Waals surface area contributed by atoms with Gasteiger partial charge in [-0.2, -0.15) is 4.98 Å².